The van der Waals surface area contributed by atoms with E-state index in [1.165, 1.54) is 0 Å². The molecule has 2 aromatic rings. The summed E-state index contributed by atoms with van der Waals surface area (Å²) in [7, 11) is 0. The molecular formula is C11H14N4O. The first-order valence-corrected chi connectivity index (χ1v) is 5.56. The average molecular weight is 218 g/mol. The van der Waals surface area contributed by atoms with Gasteiger partial charge in [0.05, 0.1) is 5.69 Å². The normalized spacial score (nSPS) is 25.1. The van der Waals surface area contributed by atoms with Crippen molar-refractivity contribution < 1.29 is 4.52 Å². The number of rotatable bonds is 2. The average Bonchev–Trinajstić information content (AvgIpc) is 2.97. The molecule has 0 spiro atoms. The Labute approximate surface area is 93.0 Å². The molecule has 0 saturated heterocycles. The predicted molar refractivity (Wildman–Crippen MR) is 58.7 cm³/mol. The third kappa shape index (κ3) is 1.63. The van der Waals surface area contributed by atoms with E-state index in [0.717, 1.165) is 30.8 Å². The molecule has 5 nitrogen and oxygen atoms in total. The van der Waals surface area contributed by atoms with Crippen molar-refractivity contribution in [3.8, 4) is 11.5 Å². The molecular weight excluding hydrogens is 204 g/mol. The molecule has 0 aliphatic heterocycles. The van der Waals surface area contributed by atoms with Gasteiger partial charge in [-0.1, -0.05) is 5.16 Å². The second-order valence-electron chi connectivity index (χ2n) is 4.31. The van der Waals surface area contributed by atoms with Gasteiger partial charge in [0.1, 0.15) is 0 Å². The zero-order chi connectivity index (χ0) is 11.0. The lowest BCUT2D eigenvalue weighted by Gasteiger charge is -2.01. The number of nitrogens with one attached hydrogen (secondary N) is 1. The van der Waals surface area contributed by atoms with Crippen LogP contribution in [0.2, 0.25) is 0 Å². The Kier molecular flexibility index (Phi) is 2.25. The molecule has 2 unspecified atom stereocenters. The lowest BCUT2D eigenvalue weighted by Crippen LogP contribution is -2.14. The summed E-state index contributed by atoms with van der Waals surface area (Å²) >= 11 is 0. The third-order valence-electron chi connectivity index (χ3n) is 3.10. The van der Waals surface area contributed by atoms with E-state index < -0.39 is 0 Å². The molecule has 0 aromatic carbocycles. The van der Waals surface area contributed by atoms with Crippen molar-refractivity contribution in [1.82, 2.24) is 15.1 Å². The van der Waals surface area contributed by atoms with Crippen molar-refractivity contribution in [2.75, 3.05) is 0 Å². The quantitative estimate of drug-likeness (QED) is 0.803. The molecule has 5 heteroatoms. The van der Waals surface area contributed by atoms with Crippen LogP contribution in [-0.4, -0.2) is 21.2 Å². The van der Waals surface area contributed by atoms with Gasteiger partial charge in [-0.2, -0.15) is 4.98 Å². The van der Waals surface area contributed by atoms with Crippen molar-refractivity contribution in [3.05, 3.63) is 24.2 Å². The summed E-state index contributed by atoms with van der Waals surface area (Å²) in [6.45, 7) is 0. The van der Waals surface area contributed by atoms with Crippen molar-refractivity contribution >= 4 is 0 Å². The molecule has 84 valence electrons. The zero-order valence-corrected chi connectivity index (χ0v) is 8.89. The second-order valence-corrected chi connectivity index (χ2v) is 4.31. The van der Waals surface area contributed by atoms with Gasteiger partial charge in [-0.15, -0.1) is 0 Å². The van der Waals surface area contributed by atoms with Crippen LogP contribution in [0.25, 0.3) is 11.5 Å². The van der Waals surface area contributed by atoms with Crippen molar-refractivity contribution in [1.29, 1.82) is 0 Å². The van der Waals surface area contributed by atoms with Crippen LogP contribution in [0.5, 0.6) is 0 Å². The fraction of sp³-hybridized carbons (Fsp3) is 0.455. The van der Waals surface area contributed by atoms with E-state index in [1.54, 1.807) is 0 Å². The summed E-state index contributed by atoms with van der Waals surface area (Å²) in [5.74, 6) is 1.68. The number of aromatic amines is 1. The highest BCUT2D eigenvalue weighted by atomic mass is 16.5. The number of hydrogen-bond acceptors (Lipinski definition) is 4. The first-order valence-electron chi connectivity index (χ1n) is 5.56. The molecule has 0 bridgehead atoms. The van der Waals surface area contributed by atoms with Gasteiger partial charge in [0.25, 0.3) is 0 Å². The molecule has 2 aromatic heterocycles. The van der Waals surface area contributed by atoms with E-state index in [2.05, 4.69) is 15.1 Å². The van der Waals surface area contributed by atoms with Gasteiger partial charge in [0.2, 0.25) is 11.7 Å². The fourth-order valence-corrected chi connectivity index (χ4v) is 2.22. The molecule has 1 saturated carbocycles. The van der Waals surface area contributed by atoms with Gasteiger partial charge in [0, 0.05) is 18.2 Å². The Morgan fingerprint density at radius 3 is 3.06 bits per heavy atom. The maximum atomic E-state index is 5.87. The van der Waals surface area contributed by atoms with E-state index in [9.17, 15) is 0 Å². The van der Waals surface area contributed by atoms with Crippen LogP contribution in [0, 0.1) is 0 Å². The minimum Gasteiger partial charge on any atom is -0.359 e. The Balaban J connectivity index is 1.83. The molecule has 1 fully saturated rings. The highest BCUT2D eigenvalue weighted by Gasteiger charge is 2.27. The van der Waals surface area contributed by atoms with Gasteiger partial charge in [-0.05, 0) is 31.4 Å². The summed E-state index contributed by atoms with van der Waals surface area (Å²) in [5, 5.41) is 3.97. The molecule has 3 N–H and O–H groups in total. The van der Waals surface area contributed by atoms with Crippen LogP contribution in [0.1, 0.15) is 31.1 Å². The topological polar surface area (TPSA) is 80.7 Å². The van der Waals surface area contributed by atoms with Crippen molar-refractivity contribution in [2.45, 2.75) is 31.2 Å². The molecule has 0 radical (unpaired) electrons. The summed E-state index contributed by atoms with van der Waals surface area (Å²) < 4.78 is 5.28. The lowest BCUT2D eigenvalue weighted by molar-refractivity contribution is 0.353. The maximum absolute atomic E-state index is 5.87. The van der Waals surface area contributed by atoms with Gasteiger partial charge in [-0.3, -0.25) is 0 Å². The number of H-pyrrole nitrogens is 1. The van der Waals surface area contributed by atoms with Gasteiger partial charge in [-0.25, -0.2) is 0 Å². The molecule has 16 heavy (non-hydrogen) atoms. The molecule has 0 amide bonds. The zero-order valence-electron chi connectivity index (χ0n) is 8.89. The Morgan fingerprint density at radius 1 is 1.44 bits per heavy atom. The monoisotopic (exact) mass is 218 g/mol. The van der Waals surface area contributed by atoms with Crippen LogP contribution < -0.4 is 5.73 Å². The van der Waals surface area contributed by atoms with Crippen molar-refractivity contribution in [3.63, 3.8) is 0 Å². The lowest BCUT2D eigenvalue weighted by atomic mass is 10.1. The van der Waals surface area contributed by atoms with Crippen LogP contribution in [0.3, 0.4) is 0 Å². The Hall–Kier alpha value is -1.62. The van der Waals surface area contributed by atoms with Crippen molar-refractivity contribution in [2.24, 2.45) is 5.73 Å². The summed E-state index contributed by atoms with van der Waals surface area (Å²) in [6.07, 6.45) is 4.89. The van der Waals surface area contributed by atoms with Gasteiger partial charge >= 0.3 is 0 Å². The van der Waals surface area contributed by atoms with Crippen LogP contribution >= 0.6 is 0 Å². The van der Waals surface area contributed by atoms with E-state index >= 15 is 0 Å². The number of nitrogens with zero attached hydrogens (tertiary/aromatic N) is 2. The largest absolute Gasteiger partial charge is 0.359 e. The van der Waals surface area contributed by atoms with Crippen LogP contribution in [0.15, 0.2) is 22.9 Å². The molecule has 3 rings (SSSR count). The van der Waals surface area contributed by atoms with E-state index in [-0.39, 0.29) is 6.04 Å². The third-order valence-corrected chi connectivity index (χ3v) is 3.10. The second kappa shape index (κ2) is 3.75. The van der Waals surface area contributed by atoms with Crippen LogP contribution in [0.4, 0.5) is 0 Å². The number of hydrogen-bond donors (Lipinski definition) is 2. The Bertz CT molecular complexity index is 462. The van der Waals surface area contributed by atoms with Gasteiger partial charge in [0.15, 0.2) is 0 Å². The Morgan fingerprint density at radius 2 is 2.38 bits per heavy atom. The molecule has 2 atom stereocenters. The van der Waals surface area contributed by atoms with Crippen LogP contribution in [-0.2, 0) is 0 Å². The summed E-state index contributed by atoms with van der Waals surface area (Å²) in [4.78, 5) is 7.46. The van der Waals surface area contributed by atoms with E-state index in [0.29, 0.717) is 11.7 Å². The molecule has 1 aliphatic rings. The summed E-state index contributed by atoms with van der Waals surface area (Å²) in [5.41, 5.74) is 6.75. The van der Waals surface area contributed by atoms with E-state index in [4.69, 9.17) is 10.3 Å². The standard InChI is InChI=1S/C11H14N4O/c12-8-4-3-7(6-8)11-14-10(15-16-11)9-2-1-5-13-9/h1-2,5,7-8,13H,3-4,6,12H2. The minimum atomic E-state index is 0.283. The fourth-order valence-electron chi connectivity index (χ4n) is 2.22. The highest BCUT2D eigenvalue weighted by Crippen LogP contribution is 2.33. The molecule has 1 aliphatic carbocycles. The maximum Gasteiger partial charge on any atom is 0.230 e. The van der Waals surface area contributed by atoms with Gasteiger partial charge < -0.3 is 15.2 Å². The molecule has 2 heterocycles. The predicted octanol–water partition coefficient (Wildman–Crippen LogP) is 1.66. The SMILES string of the molecule is NC1CCC(c2nc(-c3ccc[nH]3)no2)C1. The highest BCUT2D eigenvalue weighted by molar-refractivity contribution is 5.47. The first-order chi connectivity index (χ1) is 7.83. The number of nitrogens with two attached hydrogens (primary N) is 1. The van der Waals surface area contributed by atoms with E-state index in [1.807, 2.05) is 18.3 Å². The first kappa shape index (κ1) is 9.59. The minimum absolute atomic E-state index is 0.283. The summed E-state index contributed by atoms with van der Waals surface area (Å²) in [6, 6.07) is 4.12. The number of aromatic nitrogens is 3. The smallest absolute Gasteiger partial charge is 0.230 e.